The Hall–Kier alpha value is -1.06. The third kappa shape index (κ3) is 5.14. The molecule has 0 fully saturated rings. The van der Waals surface area contributed by atoms with Crippen LogP contribution in [0.4, 0.5) is 0 Å². The molecule has 0 spiro atoms. The van der Waals surface area contributed by atoms with Gasteiger partial charge in [-0.05, 0) is 38.0 Å². The van der Waals surface area contributed by atoms with Crippen molar-refractivity contribution in [2.45, 2.75) is 26.4 Å². The molecule has 0 saturated heterocycles. The van der Waals surface area contributed by atoms with Crippen molar-refractivity contribution in [1.82, 2.24) is 5.32 Å². The highest BCUT2D eigenvalue weighted by atomic mass is 16.5. The number of hydrogen-bond acceptors (Lipinski definition) is 3. The number of nitrogens with one attached hydrogen (secondary N) is 1. The number of hydrogen-bond donors (Lipinski definition) is 1. The van der Waals surface area contributed by atoms with E-state index < -0.39 is 0 Å². The van der Waals surface area contributed by atoms with E-state index in [-0.39, 0.29) is 6.10 Å². The molecule has 0 aromatic heterocycles. The van der Waals surface area contributed by atoms with Gasteiger partial charge in [-0.1, -0.05) is 12.1 Å². The van der Waals surface area contributed by atoms with E-state index in [0.717, 1.165) is 18.7 Å². The number of ether oxygens (including phenoxy) is 2. The van der Waals surface area contributed by atoms with Crippen LogP contribution in [-0.2, 0) is 11.2 Å². The fourth-order valence-electron chi connectivity index (χ4n) is 1.41. The van der Waals surface area contributed by atoms with Gasteiger partial charge in [0.15, 0.2) is 0 Å². The second kappa shape index (κ2) is 7.25. The van der Waals surface area contributed by atoms with Gasteiger partial charge in [-0.15, -0.1) is 0 Å². The van der Waals surface area contributed by atoms with Gasteiger partial charge in [-0.3, -0.25) is 5.32 Å². The summed E-state index contributed by atoms with van der Waals surface area (Å²) < 4.78 is 10.5. The second-order valence-electron chi connectivity index (χ2n) is 3.99. The average Bonchev–Trinajstić information content (AvgIpc) is 2.26. The van der Waals surface area contributed by atoms with Crippen molar-refractivity contribution in [3.63, 3.8) is 0 Å². The molecule has 3 heteroatoms. The smallest absolute Gasteiger partial charge is 0.119 e. The molecule has 0 bridgehead atoms. The van der Waals surface area contributed by atoms with Crippen LogP contribution in [0.2, 0.25) is 0 Å². The summed E-state index contributed by atoms with van der Waals surface area (Å²) in [5.41, 5.74) is 1.31. The van der Waals surface area contributed by atoms with E-state index in [0.29, 0.717) is 6.73 Å². The maximum Gasteiger partial charge on any atom is 0.119 e. The highest BCUT2D eigenvalue weighted by Crippen LogP contribution is 2.13. The van der Waals surface area contributed by atoms with Crippen LogP contribution in [0.25, 0.3) is 0 Å². The normalized spacial score (nSPS) is 10.8. The van der Waals surface area contributed by atoms with E-state index in [4.69, 9.17) is 9.47 Å². The molecule has 0 aliphatic heterocycles. The molecule has 0 aliphatic rings. The van der Waals surface area contributed by atoms with Gasteiger partial charge in [0.05, 0.1) is 12.8 Å². The van der Waals surface area contributed by atoms with Crippen LogP contribution in [0.15, 0.2) is 24.3 Å². The first-order chi connectivity index (χ1) is 7.72. The predicted molar refractivity (Wildman–Crippen MR) is 65.8 cm³/mol. The van der Waals surface area contributed by atoms with Crippen molar-refractivity contribution >= 4 is 0 Å². The van der Waals surface area contributed by atoms with E-state index in [2.05, 4.69) is 17.4 Å². The molecule has 1 rings (SSSR count). The Morgan fingerprint density at radius 3 is 2.44 bits per heavy atom. The largest absolute Gasteiger partial charge is 0.491 e. The molecule has 3 nitrogen and oxygen atoms in total. The lowest BCUT2D eigenvalue weighted by atomic mass is 10.1. The summed E-state index contributed by atoms with van der Waals surface area (Å²) in [5.74, 6) is 0.934. The fraction of sp³-hybridized carbons (Fsp3) is 0.538. The quantitative estimate of drug-likeness (QED) is 0.568. The van der Waals surface area contributed by atoms with Gasteiger partial charge in [0.1, 0.15) is 5.75 Å². The summed E-state index contributed by atoms with van der Waals surface area (Å²) in [6.07, 6.45) is 1.24. The molecule has 0 radical (unpaired) electrons. The first-order valence-corrected chi connectivity index (χ1v) is 5.67. The molecule has 0 unspecified atom stereocenters. The lowest BCUT2D eigenvalue weighted by Gasteiger charge is -2.10. The maximum absolute atomic E-state index is 5.58. The summed E-state index contributed by atoms with van der Waals surface area (Å²) in [7, 11) is 1.69. The van der Waals surface area contributed by atoms with Crippen LogP contribution in [0, 0.1) is 0 Å². The van der Waals surface area contributed by atoms with Crippen molar-refractivity contribution in [3.05, 3.63) is 29.8 Å². The monoisotopic (exact) mass is 223 g/mol. The average molecular weight is 223 g/mol. The van der Waals surface area contributed by atoms with Crippen molar-refractivity contribution < 1.29 is 9.47 Å². The maximum atomic E-state index is 5.58. The summed E-state index contributed by atoms with van der Waals surface area (Å²) in [6, 6.07) is 8.25. The first-order valence-electron chi connectivity index (χ1n) is 5.67. The van der Waals surface area contributed by atoms with Crippen LogP contribution in [-0.4, -0.2) is 26.5 Å². The van der Waals surface area contributed by atoms with Gasteiger partial charge in [0, 0.05) is 13.7 Å². The summed E-state index contributed by atoms with van der Waals surface area (Å²) in [5, 5.41) is 3.18. The zero-order chi connectivity index (χ0) is 11.8. The Labute approximate surface area is 97.8 Å². The number of methoxy groups -OCH3 is 1. The minimum absolute atomic E-state index is 0.231. The van der Waals surface area contributed by atoms with Crippen LogP contribution in [0.5, 0.6) is 5.75 Å². The first kappa shape index (κ1) is 13.0. The Bertz CT molecular complexity index is 282. The van der Waals surface area contributed by atoms with Crippen LogP contribution in [0.3, 0.4) is 0 Å². The highest BCUT2D eigenvalue weighted by Gasteiger charge is 1.97. The minimum atomic E-state index is 0.231. The molecule has 0 saturated carbocycles. The number of benzene rings is 1. The third-order valence-electron chi connectivity index (χ3n) is 2.13. The molecule has 90 valence electrons. The predicted octanol–water partition coefficient (Wildman–Crippen LogP) is 2.21. The molecule has 0 heterocycles. The van der Waals surface area contributed by atoms with Gasteiger partial charge < -0.3 is 9.47 Å². The Morgan fingerprint density at radius 2 is 1.88 bits per heavy atom. The fourth-order valence-corrected chi connectivity index (χ4v) is 1.41. The lowest BCUT2D eigenvalue weighted by Crippen LogP contribution is -2.19. The van der Waals surface area contributed by atoms with Gasteiger partial charge in [0.25, 0.3) is 0 Å². The van der Waals surface area contributed by atoms with E-state index in [1.807, 2.05) is 26.0 Å². The summed E-state index contributed by atoms with van der Waals surface area (Å²) in [6.45, 7) is 5.60. The zero-order valence-corrected chi connectivity index (χ0v) is 10.3. The van der Waals surface area contributed by atoms with Crippen LogP contribution < -0.4 is 10.1 Å². The summed E-state index contributed by atoms with van der Waals surface area (Å²) >= 11 is 0. The number of rotatable bonds is 7. The zero-order valence-electron chi connectivity index (χ0n) is 10.3. The minimum Gasteiger partial charge on any atom is -0.491 e. The van der Waals surface area contributed by atoms with Crippen molar-refractivity contribution in [1.29, 1.82) is 0 Å². The Kier molecular flexibility index (Phi) is 5.90. The van der Waals surface area contributed by atoms with Crippen molar-refractivity contribution in [3.8, 4) is 5.75 Å². The molecule has 1 aromatic carbocycles. The van der Waals surface area contributed by atoms with Crippen LogP contribution in [0.1, 0.15) is 19.4 Å². The molecular formula is C13H21NO2. The standard InChI is InChI=1S/C13H21NO2/c1-11(2)16-13-6-4-12(5-7-13)8-9-14-10-15-3/h4-7,11,14H,8-10H2,1-3H3. The molecule has 0 amide bonds. The van der Waals surface area contributed by atoms with Crippen molar-refractivity contribution in [2.75, 3.05) is 20.4 Å². The molecule has 16 heavy (non-hydrogen) atoms. The topological polar surface area (TPSA) is 30.5 Å². The van der Waals surface area contributed by atoms with Gasteiger partial charge >= 0.3 is 0 Å². The van der Waals surface area contributed by atoms with E-state index in [9.17, 15) is 0 Å². The molecule has 0 atom stereocenters. The van der Waals surface area contributed by atoms with Crippen LogP contribution >= 0.6 is 0 Å². The Balaban J connectivity index is 2.33. The highest BCUT2D eigenvalue weighted by molar-refractivity contribution is 5.27. The lowest BCUT2D eigenvalue weighted by molar-refractivity contribution is 0.176. The van der Waals surface area contributed by atoms with Gasteiger partial charge in [-0.25, -0.2) is 0 Å². The molecule has 1 aromatic rings. The van der Waals surface area contributed by atoms with E-state index >= 15 is 0 Å². The van der Waals surface area contributed by atoms with E-state index in [1.54, 1.807) is 7.11 Å². The Morgan fingerprint density at radius 1 is 1.19 bits per heavy atom. The van der Waals surface area contributed by atoms with E-state index in [1.165, 1.54) is 5.56 Å². The van der Waals surface area contributed by atoms with Gasteiger partial charge in [0.2, 0.25) is 0 Å². The molecule has 1 N–H and O–H groups in total. The SMILES string of the molecule is COCNCCc1ccc(OC(C)C)cc1. The van der Waals surface area contributed by atoms with Crippen molar-refractivity contribution in [2.24, 2.45) is 0 Å². The third-order valence-corrected chi connectivity index (χ3v) is 2.13. The van der Waals surface area contributed by atoms with Gasteiger partial charge in [-0.2, -0.15) is 0 Å². The molecule has 0 aliphatic carbocycles. The molecular weight excluding hydrogens is 202 g/mol. The summed E-state index contributed by atoms with van der Waals surface area (Å²) in [4.78, 5) is 0. The second-order valence-corrected chi connectivity index (χ2v) is 3.99.